The molecule has 6 heteroatoms. The molecular formula is C12H15N5O. The SMILES string of the molecule is Cn1ccc(-c2nnc3n2CC(N)CC3)cc1=O. The molecule has 0 saturated carbocycles. The highest BCUT2D eigenvalue weighted by atomic mass is 16.1. The minimum atomic E-state index is -0.0510. The van der Waals surface area contributed by atoms with Crippen molar-refractivity contribution in [3.63, 3.8) is 0 Å². The zero-order chi connectivity index (χ0) is 12.7. The molecule has 18 heavy (non-hydrogen) atoms. The topological polar surface area (TPSA) is 78.7 Å². The van der Waals surface area contributed by atoms with E-state index in [1.54, 1.807) is 19.3 Å². The summed E-state index contributed by atoms with van der Waals surface area (Å²) in [4.78, 5) is 11.6. The van der Waals surface area contributed by atoms with Crippen molar-refractivity contribution in [2.45, 2.75) is 25.4 Å². The Bertz CT molecular complexity index is 642. The van der Waals surface area contributed by atoms with E-state index in [0.29, 0.717) is 6.54 Å². The van der Waals surface area contributed by atoms with Gasteiger partial charge in [-0.05, 0) is 12.5 Å². The highest BCUT2D eigenvalue weighted by Crippen LogP contribution is 2.21. The van der Waals surface area contributed by atoms with E-state index in [4.69, 9.17) is 5.73 Å². The van der Waals surface area contributed by atoms with Crippen molar-refractivity contribution in [3.8, 4) is 11.4 Å². The number of nitrogens with zero attached hydrogens (tertiary/aromatic N) is 4. The first-order chi connectivity index (χ1) is 8.65. The maximum atomic E-state index is 11.6. The molecule has 0 aliphatic carbocycles. The van der Waals surface area contributed by atoms with Crippen molar-refractivity contribution in [3.05, 3.63) is 34.5 Å². The lowest BCUT2D eigenvalue weighted by molar-refractivity contribution is 0.456. The van der Waals surface area contributed by atoms with Crippen LogP contribution in [0.5, 0.6) is 0 Å². The summed E-state index contributed by atoms with van der Waals surface area (Å²) in [7, 11) is 1.72. The number of nitrogens with two attached hydrogens (primary N) is 1. The highest BCUT2D eigenvalue weighted by Gasteiger charge is 2.21. The molecule has 1 aliphatic heterocycles. The fourth-order valence-electron chi connectivity index (χ4n) is 2.25. The Kier molecular flexibility index (Phi) is 2.52. The lowest BCUT2D eigenvalue weighted by Gasteiger charge is -2.20. The zero-order valence-electron chi connectivity index (χ0n) is 10.2. The molecule has 0 spiro atoms. The lowest BCUT2D eigenvalue weighted by Crippen LogP contribution is -2.32. The van der Waals surface area contributed by atoms with Gasteiger partial charge in [-0.1, -0.05) is 0 Å². The van der Waals surface area contributed by atoms with E-state index in [0.717, 1.165) is 30.1 Å². The Morgan fingerprint density at radius 1 is 1.44 bits per heavy atom. The van der Waals surface area contributed by atoms with Gasteiger partial charge in [0.1, 0.15) is 5.82 Å². The monoisotopic (exact) mass is 245 g/mol. The molecule has 0 aromatic carbocycles. The second-order valence-corrected chi connectivity index (χ2v) is 4.71. The van der Waals surface area contributed by atoms with Crippen molar-refractivity contribution in [1.29, 1.82) is 0 Å². The number of aromatic nitrogens is 4. The quantitative estimate of drug-likeness (QED) is 0.762. The van der Waals surface area contributed by atoms with E-state index in [1.165, 1.54) is 4.57 Å². The number of fused-ring (bicyclic) bond motifs is 1. The van der Waals surface area contributed by atoms with E-state index in [-0.39, 0.29) is 11.6 Å². The predicted molar refractivity (Wildman–Crippen MR) is 67.0 cm³/mol. The molecule has 1 unspecified atom stereocenters. The minimum absolute atomic E-state index is 0.0510. The van der Waals surface area contributed by atoms with Gasteiger partial charge in [-0.15, -0.1) is 10.2 Å². The Morgan fingerprint density at radius 3 is 3.06 bits per heavy atom. The summed E-state index contributed by atoms with van der Waals surface area (Å²) in [5.41, 5.74) is 6.71. The van der Waals surface area contributed by atoms with Crippen LogP contribution in [0.3, 0.4) is 0 Å². The van der Waals surface area contributed by atoms with Gasteiger partial charge >= 0.3 is 0 Å². The van der Waals surface area contributed by atoms with E-state index in [9.17, 15) is 4.79 Å². The van der Waals surface area contributed by atoms with Crippen LogP contribution in [0.25, 0.3) is 11.4 Å². The number of hydrogen-bond acceptors (Lipinski definition) is 4. The molecule has 6 nitrogen and oxygen atoms in total. The first-order valence-corrected chi connectivity index (χ1v) is 6.00. The number of pyridine rings is 1. The summed E-state index contributed by atoms with van der Waals surface area (Å²) in [6, 6.07) is 3.59. The van der Waals surface area contributed by atoms with Gasteiger partial charge in [0.2, 0.25) is 0 Å². The summed E-state index contributed by atoms with van der Waals surface area (Å²) in [5, 5.41) is 8.35. The van der Waals surface area contributed by atoms with Gasteiger partial charge in [0.05, 0.1) is 0 Å². The van der Waals surface area contributed by atoms with E-state index in [1.807, 2.05) is 10.6 Å². The molecule has 94 valence electrons. The molecular weight excluding hydrogens is 230 g/mol. The molecule has 3 rings (SSSR count). The summed E-state index contributed by atoms with van der Waals surface area (Å²) in [6.07, 6.45) is 3.52. The van der Waals surface area contributed by atoms with Crippen LogP contribution < -0.4 is 11.3 Å². The van der Waals surface area contributed by atoms with Gasteiger partial charge in [0.15, 0.2) is 5.82 Å². The smallest absolute Gasteiger partial charge is 0.250 e. The Morgan fingerprint density at radius 2 is 2.28 bits per heavy atom. The van der Waals surface area contributed by atoms with Crippen LogP contribution >= 0.6 is 0 Å². The maximum Gasteiger partial charge on any atom is 0.250 e. The molecule has 2 aromatic heterocycles. The van der Waals surface area contributed by atoms with Crippen LogP contribution in [0.2, 0.25) is 0 Å². The predicted octanol–water partition coefficient (Wildman–Crippen LogP) is -0.0827. The second-order valence-electron chi connectivity index (χ2n) is 4.71. The molecule has 0 fully saturated rings. The third kappa shape index (κ3) is 1.74. The van der Waals surface area contributed by atoms with Crippen LogP contribution in [-0.2, 0) is 20.0 Å². The summed E-state index contributed by atoms with van der Waals surface area (Å²) < 4.78 is 3.55. The van der Waals surface area contributed by atoms with Gasteiger partial charge in [-0.2, -0.15) is 0 Å². The van der Waals surface area contributed by atoms with Crippen LogP contribution in [0.1, 0.15) is 12.2 Å². The van der Waals surface area contributed by atoms with E-state index < -0.39 is 0 Å². The minimum Gasteiger partial charge on any atom is -0.326 e. The summed E-state index contributed by atoms with van der Waals surface area (Å²) in [6.45, 7) is 0.715. The molecule has 1 atom stereocenters. The van der Waals surface area contributed by atoms with Crippen molar-refractivity contribution in [2.75, 3.05) is 0 Å². The van der Waals surface area contributed by atoms with E-state index in [2.05, 4.69) is 10.2 Å². The normalized spacial score (nSPS) is 18.7. The number of hydrogen-bond donors (Lipinski definition) is 1. The first kappa shape index (κ1) is 11.2. The van der Waals surface area contributed by atoms with Crippen LogP contribution in [-0.4, -0.2) is 25.4 Å². The average molecular weight is 245 g/mol. The Labute approximate surface area is 104 Å². The summed E-state index contributed by atoms with van der Waals surface area (Å²) in [5.74, 6) is 1.69. The standard InChI is InChI=1S/C12H15N5O/c1-16-5-4-8(6-11(16)18)12-15-14-10-3-2-9(13)7-17(10)12/h4-6,9H,2-3,7,13H2,1H3. The molecule has 2 aromatic rings. The zero-order valence-corrected chi connectivity index (χ0v) is 10.2. The highest BCUT2D eigenvalue weighted by molar-refractivity contribution is 5.54. The second kappa shape index (κ2) is 4.06. The van der Waals surface area contributed by atoms with Crippen LogP contribution in [0, 0.1) is 0 Å². The maximum absolute atomic E-state index is 11.6. The van der Waals surface area contributed by atoms with Gasteiger partial charge < -0.3 is 14.9 Å². The average Bonchev–Trinajstić information content (AvgIpc) is 2.75. The van der Waals surface area contributed by atoms with Crippen molar-refractivity contribution in [1.82, 2.24) is 19.3 Å². The third-order valence-electron chi connectivity index (χ3n) is 3.35. The summed E-state index contributed by atoms with van der Waals surface area (Å²) >= 11 is 0. The number of rotatable bonds is 1. The lowest BCUT2D eigenvalue weighted by atomic mass is 10.1. The fraction of sp³-hybridized carbons (Fsp3) is 0.417. The Hall–Kier alpha value is -1.95. The molecule has 2 N–H and O–H groups in total. The number of aryl methyl sites for hydroxylation is 2. The van der Waals surface area contributed by atoms with Crippen molar-refractivity contribution in [2.24, 2.45) is 12.8 Å². The largest absolute Gasteiger partial charge is 0.326 e. The molecule has 0 bridgehead atoms. The van der Waals surface area contributed by atoms with Crippen LogP contribution in [0.15, 0.2) is 23.1 Å². The van der Waals surface area contributed by atoms with Crippen molar-refractivity contribution >= 4 is 0 Å². The van der Waals surface area contributed by atoms with E-state index >= 15 is 0 Å². The van der Waals surface area contributed by atoms with Crippen LogP contribution in [0.4, 0.5) is 0 Å². The van der Waals surface area contributed by atoms with Gasteiger partial charge in [-0.3, -0.25) is 4.79 Å². The molecule has 1 aliphatic rings. The fourth-order valence-corrected chi connectivity index (χ4v) is 2.25. The molecule has 0 radical (unpaired) electrons. The van der Waals surface area contributed by atoms with Gasteiger partial charge in [0.25, 0.3) is 5.56 Å². The Balaban J connectivity index is 2.09. The van der Waals surface area contributed by atoms with Gasteiger partial charge in [0, 0.05) is 43.9 Å². The third-order valence-corrected chi connectivity index (χ3v) is 3.35. The molecule has 3 heterocycles. The van der Waals surface area contributed by atoms with Gasteiger partial charge in [-0.25, -0.2) is 0 Å². The molecule has 0 amide bonds. The van der Waals surface area contributed by atoms with Crippen molar-refractivity contribution < 1.29 is 0 Å². The molecule has 0 saturated heterocycles. The first-order valence-electron chi connectivity index (χ1n) is 6.00.